The van der Waals surface area contributed by atoms with Gasteiger partial charge in [0.1, 0.15) is 0 Å². The lowest BCUT2D eigenvalue weighted by Crippen LogP contribution is -2.30. The lowest BCUT2D eigenvalue weighted by molar-refractivity contribution is 0.102. The van der Waals surface area contributed by atoms with Crippen LogP contribution in [0, 0.1) is 5.41 Å². The van der Waals surface area contributed by atoms with Gasteiger partial charge in [0.2, 0.25) is 0 Å². The lowest BCUT2D eigenvalue weighted by Gasteiger charge is -2.24. The van der Waals surface area contributed by atoms with Crippen molar-refractivity contribution in [3.63, 3.8) is 0 Å². The van der Waals surface area contributed by atoms with Gasteiger partial charge in [-0.3, -0.25) is 0 Å². The molecule has 1 aliphatic rings. The molecule has 3 nitrogen and oxygen atoms in total. The van der Waals surface area contributed by atoms with E-state index in [2.05, 4.69) is 19.2 Å². The van der Waals surface area contributed by atoms with Crippen molar-refractivity contribution < 1.29 is 9.84 Å². The summed E-state index contributed by atoms with van der Waals surface area (Å²) in [4.78, 5) is 0. The van der Waals surface area contributed by atoms with Crippen molar-refractivity contribution in [3.05, 3.63) is 0 Å². The van der Waals surface area contributed by atoms with E-state index in [0.717, 1.165) is 32.5 Å². The molecule has 0 aliphatic carbocycles. The van der Waals surface area contributed by atoms with Crippen LogP contribution in [-0.2, 0) is 4.74 Å². The highest BCUT2D eigenvalue weighted by molar-refractivity contribution is 4.72. The fourth-order valence-electron chi connectivity index (χ4n) is 2.40. The summed E-state index contributed by atoms with van der Waals surface area (Å²) in [7, 11) is 0. The van der Waals surface area contributed by atoms with Gasteiger partial charge in [-0.1, -0.05) is 13.8 Å². The molecule has 1 aliphatic heterocycles. The van der Waals surface area contributed by atoms with E-state index in [4.69, 9.17) is 9.84 Å². The van der Waals surface area contributed by atoms with Crippen LogP contribution in [0.15, 0.2) is 0 Å². The van der Waals surface area contributed by atoms with E-state index in [0.29, 0.717) is 18.1 Å². The predicted octanol–water partition coefficient (Wildman–Crippen LogP) is 2.33. The molecule has 0 aromatic heterocycles. The van der Waals surface area contributed by atoms with E-state index in [9.17, 15) is 0 Å². The second-order valence-electron chi connectivity index (χ2n) is 5.95. The Kier molecular flexibility index (Phi) is 7.09. The first kappa shape index (κ1) is 14.9. The molecule has 3 heteroatoms. The number of rotatable bonds is 9. The van der Waals surface area contributed by atoms with Crippen LogP contribution in [0.1, 0.15) is 52.4 Å². The van der Waals surface area contributed by atoms with Crippen molar-refractivity contribution in [3.8, 4) is 0 Å². The highest BCUT2D eigenvalue weighted by Crippen LogP contribution is 2.21. The van der Waals surface area contributed by atoms with Crippen molar-refractivity contribution in [2.75, 3.05) is 26.3 Å². The molecule has 17 heavy (non-hydrogen) atoms. The molecule has 2 N–H and O–H groups in total. The second-order valence-corrected chi connectivity index (χ2v) is 5.95. The summed E-state index contributed by atoms with van der Waals surface area (Å²) in [6.45, 7) is 7.92. The molecule has 1 saturated heterocycles. The summed E-state index contributed by atoms with van der Waals surface area (Å²) in [5, 5.41) is 12.3. The number of hydrogen-bond donors (Lipinski definition) is 2. The Hall–Kier alpha value is -0.120. The molecule has 0 radical (unpaired) electrons. The fourth-order valence-corrected chi connectivity index (χ4v) is 2.40. The van der Waals surface area contributed by atoms with E-state index < -0.39 is 0 Å². The quantitative estimate of drug-likeness (QED) is 0.611. The van der Waals surface area contributed by atoms with E-state index in [1.165, 1.54) is 25.7 Å². The summed E-state index contributed by atoms with van der Waals surface area (Å²) in [6.07, 6.45) is 7.42. The molecule has 1 atom stereocenters. The van der Waals surface area contributed by atoms with Crippen molar-refractivity contribution in [2.45, 2.75) is 58.5 Å². The molecule has 0 bridgehead atoms. The molecule has 0 aromatic carbocycles. The summed E-state index contributed by atoms with van der Waals surface area (Å²) in [6, 6.07) is 0. The van der Waals surface area contributed by atoms with Crippen LogP contribution in [0.5, 0.6) is 0 Å². The van der Waals surface area contributed by atoms with E-state index in [1.54, 1.807) is 0 Å². The summed E-state index contributed by atoms with van der Waals surface area (Å²) in [5.74, 6) is 0. The van der Waals surface area contributed by atoms with Crippen LogP contribution in [0.2, 0.25) is 0 Å². The molecule has 0 aromatic rings. The Morgan fingerprint density at radius 2 is 2.18 bits per heavy atom. The normalized spacial score (nSPS) is 21.0. The Morgan fingerprint density at radius 3 is 2.82 bits per heavy atom. The van der Waals surface area contributed by atoms with Crippen LogP contribution in [0.4, 0.5) is 0 Å². The Morgan fingerprint density at radius 1 is 1.35 bits per heavy atom. The maximum absolute atomic E-state index is 8.83. The van der Waals surface area contributed by atoms with E-state index in [1.807, 2.05) is 0 Å². The van der Waals surface area contributed by atoms with Gasteiger partial charge in [-0.05, 0) is 50.5 Å². The zero-order chi connectivity index (χ0) is 12.6. The van der Waals surface area contributed by atoms with Crippen molar-refractivity contribution in [1.29, 1.82) is 0 Å². The third-order valence-corrected chi connectivity index (χ3v) is 3.52. The molecule has 1 fully saturated rings. The van der Waals surface area contributed by atoms with Gasteiger partial charge >= 0.3 is 0 Å². The van der Waals surface area contributed by atoms with Crippen LogP contribution in [-0.4, -0.2) is 37.5 Å². The molecule has 0 amide bonds. The van der Waals surface area contributed by atoms with Gasteiger partial charge in [0, 0.05) is 19.8 Å². The average molecular weight is 243 g/mol. The molecule has 1 unspecified atom stereocenters. The zero-order valence-electron chi connectivity index (χ0n) is 11.5. The number of ether oxygens (including phenoxy) is 1. The molecule has 0 saturated carbocycles. The largest absolute Gasteiger partial charge is 0.396 e. The van der Waals surface area contributed by atoms with Gasteiger partial charge in [0.15, 0.2) is 0 Å². The number of aliphatic hydroxyl groups excluding tert-OH is 1. The molecule has 102 valence electrons. The monoisotopic (exact) mass is 243 g/mol. The topological polar surface area (TPSA) is 41.5 Å². The molecule has 0 spiro atoms. The number of aliphatic hydroxyl groups is 1. The summed E-state index contributed by atoms with van der Waals surface area (Å²) in [5.41, 5.74) is 0.298. The SMILES string of the molecule is CC(C)(CCCO)CNCCCC1CCCO1. The minimum atomic E-state index is 0.298. The highest BCUT2D eigenvalue weighted by Gasteiger charge is 2.17. The van der Waals surface area contributed by atoms with Crippen LogP contribution >= 0.6 is 0 Å². The third kappa shape index (κ3) is 7.02. The first-order chi connectivity index (χ1) is 8.14. The maximum atomic E-state index is 8.83. The maximum Gasteiger partial charge on any atom is 0.0576 e. The molecular weight excluding hydrogens is 214 g/mol. The first-order valence-electron chi connectivity index (χ1n) is 7.07. The number of nitrogens with one attached hydrogen (secondary N) is 1. The van der Waals surface area contributed by atoms with Gasteiger partial charge < -0.3 is 15.2 Å². The third-order valence-electron chi connectivity index (χ3n) is 3.52. The molecular formula is C14H29NO2. The van der Waals surface area contributed by atoms with Gasteiger partial charge in [-0.2, -0.15) is 0 Å². The van der Waals surface area contributed by atoms with E-state index >= 15 is 0 Å². The van der Waals surface area contributed by atoms with Crippen molar-refractivity contribution >= 4 is 0 Å². The molecule has 1 rings (SSSR count). The minimum Gasteiger partial charge on any atom is -0.396 e. The van der Waals surface area contributed by atoms with Crippen LogP contribution in [0.3, 0.4) is 0 Å². The average Bonchev–Trinajstić information content (AvgIpc) is 2.79. The van der Waals surface area contributed by atoms with Crippen molar-refractivity contribution in [1.82, 2.24) is 5.32 Å². The van der Waals surface area contributed by atoms with Gasteiger partial charge in [-0.25, -0.2) is 0 Å². The fraction of sp³-hybridized carbons (Fsp3) is 1.00. The molecule has 1 heterocycles. The summed E-state index contributed by atoms with van der Waals surface area (Å²) >= 11 is 0. The Balaban J connectivity index is 1.95. The zero-order valence-corrected chi connectivity index (χ0v) is 11.5. The van der Waals surface area contributed by atoms with Crippen LogP contribution < -0.4 is 5.32 Å². The first-order valence-corrected chi connectivity index (χ1v) is 7.07. The smallest absolute Gasteiger partial charge is 0.0576 e. The lowest BCUT2D eigenvalue weighted by atomic mass is 9.88. The van der Waals surface area contributed by atoms with Crippen molar-refractivity contribution in [2.24, 2.45) is 5.41 Å². The van der Waals surface area contributed by atoms with Crippen LogP contribution in [0.25, 0.3) is 0 Å². The van der Waals surface area contributed by atoms with Gasteiger partial charge in [0.25, 0.3) is 0 Å². The van der Waals surface area contributed by atoms with Gasteiger partial charge in [-0.15, -0.1) is 0 Å². The Bertz CT molecular complexity index is 189. The Labute approximate surface area is 106 Å². The highest BCUT2D eigenvalue weighted by atomic mass is 16.5. The predicted molar refractivity (Wildman–Crippen MR) is 71.2 cm³/mol. The standard InChI is InChI=1S/C14H29NO2/c1-14(2,8-5-10-16)12-15-9-3-6-13-7-4-11-17-13/h13,15-16H,3-12H2,1-2H3. The summed E-state index contributed by atoms with van der Waals surface area (Å²) < 4.78 is 5.60. The number of hydrogen-bond acceptors (Lipinski definition) is 3. The van der Waals surface area contributed by atoms with Gasteiger partial charge in [0.05, 0.1) is 6.10 Å². The second kappa shape index (κ2) is 8.06. The minimum absolute atomic E-state index is 0.298. The van der Waals surface area contributed by atoms with E-state index in [-0.39, 0.29) is 0 Å².